The first-order valence-electron chi connectivity index (χ1n) is 10.1. The maximum Gasteiger partial charge on any atom is 0.330 e. The number of rotatable bonds is 18. The third-order valence-electron chi connectivity index (χ3n) is 4.06. The van der Waals surface area contributed by atoms with E-state index in [0.717, 1.165) is 18.2 Å². The third kappa shape index (κ3) is 14.3. The van der Waals surface area contributed by atoms with Gasteiger partial charge in [0, 0.05) is 37.8 Å². The summed E-state index contributed by atoms with van der Waals surface area (Å²) in [6, 6.07) is 0. The van der Waals surface area contributed by atoms with Gasteiger partial charge in [-0.15, -0.1) is 0 Å². The molecule has 0 unspecified atom stereocenters. The molecule has 0 fully saturated rings. The van der Waals surface area contributed by atoms with Gasteiger partial charge in [-0.05, 0) is 12.8 Å². The van der Waals surface area contributed by atoms with Gasteiger partial charge < -0.3 is 29.4 Å². The molecule has 0 aliphatic heterocycles. The van der Waals surface area contributed by atoms with Gasteiger partial charge in [-0.2, -0.15) is 0 Å². The van der Waals surface area contributed by atoms with E-state index in [9.17, 15) is 24.0 Å². The Morgan fingerprint density at radius 1 is 0.727 bits per heavy atom. The molecular weight excluding hydrogens is 438 g/mol. The molecule has 0 spiro atoms. The molecule has 2 N–H and O–H groups in total. The summed E-state index contributed by atoms with van der Waals surface area (Å²) in [7, 11) is 0. The number of unbranched alkanes of at least 4 members (excludes halogenated alkanes) is 1. The lowest BCUT2D eigenvalue weighted by atomic mass is 9.92. The van der Waals surface area contributed by atoms with Gasteiger partial charge in [-0.1, -0.05) is 19.7 Å². The van der Waals surface area contributed by atoms with Crippen LogP contribution >= 0.6 is 0 Å². The van der Waals surface area contributed by atoms with Crippen molar-refractivity contribution in [3.05, 3.63) is 38.0 Å². The fraction of sp³-hybridized carbons (Fsp3) is 0.500. The van der Waals surface area contributed by atoms with E-state index in [1.54, 1.807) is 0 Å². The van der Waals surface area contributed by atoms with Gasteiger partial charge in [0.25, 0.3) is 0 Å². The highest BCUT2D eigenvalue weighted by atomic mass is 16.6. The van der Waals surface area contributed by atoms with Crippen molar-refractivity contribution >= 4 is 29.8 Å². The molecule has 33 heavy (non-hydrogen) atoms. The van der Waals surface area contributed by atoms with Crippen LogP contribution in [0.3, 0.4) is 0 Å². The molecule has 1 amide bonds. The molecule has 0 aliphatic carbocycles. The van der Waals surface area contributed by atoms with Crippen LogP contribution in [0.15, 0.2) is 38.0 Å². The normalized spacial score (nSPS) is 10.3. The number of ether oxygens (including phenoxy) is 4. The molecule has 0 aromatic carbocycles. The highest BCUT2D eigenvalue weighted by Crippen LogP contribution is 2.22. The van der Waals surface area contributed by atoms with Crippen molar-refractivity contribution in [2.45, 2.75) is 25.7 Å². The van der Waals surface area contributed by atoms with Crippen molar-refractivity contribution in [2.75, 3.05) is 39.6 Å². The van der Waals surface area contributed by atoms with E-state index in [2.05, 4.69) is 25.1 Å². The molecule has 0 saturated carbocycles. The smallest absolute Gasteiger partial charge is 0.330 e. The van der Waals surface area contributed by atoms with Crippen molar-refractivity contribution in [2.24, 2.45) is 5.41 Å². The minimum absolute atomic E-state index is 0.0241. The van der Waals surface area contributed by atoms with E-state index in [-0.39, 0.29) is 25.4 Å². The molecule has 0 rings (SSSR count). The Balaban J connectivity index is 5.12. The minimum atomic E-state index is -1.43. The number of aliphatic hydroxyl groups is 1. The van der Waals surface area contributed by atoms with Crippen LogP contribution in [-0.2, 0) is 42.9 Å². The zero-order valence-electron chi connectivity index (χ0n) is 18.5. The number of hydrogen-bond donors (Lipinski definition) is 2. The van der Waals surface area contributed by atoms with Gasteiger partial charge in [-0.3, -0.25) is 9.59 Å². The summed E-state index contributed by atoms with van der Waals surface area (Å²) in [6.07, 6.45) is 3.49. The Bertz CT molecular complexity index is 656. The summed E-state index contributed by atoms with van der Waals surface area (Å²) in [5, 5.41) is 11.3. The van der Waals surface area contributed by atoms with Gasteiger partial charge in [0.15, 0.2) is 0 Å². The Morgan fingerprint density at radius 3 is 1.61 bits per heavy atom. The lowest BCUT2D eigenvalue weighted by molar-refractivity contribution is -0.166. The second kappa shape index (κ2) is 17.1. The van der Waals surface area contributed by atoms with Gasteiger partial charge >= 0.3 is 23.9 Å². The molecule has 0 atom stereocenters. The maximum absolute atomic E-state index is 12.1. The number of carbonyl (C=O) groups is 5. The van der Waals surface area contributed by atoms with Crippen LogP contribution in [-0.4, -0.2) is 74.5 Å². The summed E-state index contributed by atoms with van der Waals surface area (Å²) >= 11 is 0. The van der Waals surface area contributed by atoms with Gasteiger partial charge in [0.05, 0.1) is 6.42 Å². The molecule has 11 heteroatoms. The molecule has 0 bridgehead atoms. The number of carbonyl (C=O) groups excluding carboxylic acids is 5. The first-order valence-corrected chi connectivity index (χ1v) is 10.1. The van der Waals surface area contributed by atoms with E-state index in [1.165, 1.54) is 0 Å². The Morgan fingerprint density at radius 2 is 1.18 bits per heavy atom. The Kier molecular flexibility index (Phi) is 15.3. The first kappa shape index (κ1) is 29.5. The minimum Gasteiger partial charge on any atom is -0.465 e. The van der Waals surface area contributed by atoms with E-state index in [0.29, 0.717) is 19.4 Å². The Labute approximate surface area is 192 Å². The van der Waals surface area contributed by atoms with Crippen LogP contribution in [0.25, 0.3) is 0 Å². The summed E-state index contributed by atoms with van der Waals surface area (Å²) in [5.41, 5.74) is -1.43. The van der Waals surface area contributed by atoms with E-state index in [1.807, 2.05) is 0 Å². The summed E-state index contributed by atoms with van der Waals surface area (Å²) in [5.74, 6) is -3.50. The predicted molar refractivity (Wildman–Crippen MR) is 115 cm³/mol. The van der Waals surface area contributed by atoms with Crippen LogP contribution in [0, 0.1) is 5.41 Å². The van der Waals surface area contributed by atoms with Gasteiger partial charge in [-0.25, -0.2) is 14.4 Å². The maximum atomic E-state index is 12.1. The number of amides is 1. The standard InChI is InChI=1S/C22H31NO10/c1-4-18(26)30-13-22(14-31-19(27)5-2,15-32-20(28)6-3)16-33-21(29)10-9-17(25)23-11-7-8-12-24/h4-6,24H,1-3,7-16H2,(H,23,25). The number of nitrogens with one attached hydrogen (secondary N) is 1. The molecule has 0 heterocycles. The number of esters is 4. The quantitative estimate of drug-likeness (QED) is 0.124. The number of hydrogen-bond acceptors (Lipinski definition) is 10. The second-order valence-corrected chi connectivity index (χ2v) is 6.88. The van der Waals surface area contributed by atoms with Crippen molar-refractivity contribution in [3.8, 4) is 0 Å². The molecule has 0 aliphatic rings. The van der Waals surface area contributed by atoms with Crippen LogP contribution in [0.5, 0.6) is 0 Å². The zero-order chi connectivity index (χ0) is 25.1. The molecule has 0 aromatic rings. The van der Waals surface area contributed by atoms with Crippen LogP contribution in [0.1, 0.15) is 25.7 Å². The molecule has 0 aromatic heterocycles. The topological polar surface area (TPSA) is 155 Å². The molecular formula is C22H31NO10. The van der Waals surface area contributed by atoms with Crippen LogP contribution in [0.4, 0.5) is 0 Å². The number of aliphatic hydroxyl groups excluding tert-OH is 1. The predicted octanol–water partition coefficient (Wildman–Crippen LogP) is 0.373. The lowest BCUT2D eigenvalue weighted by Gasteiger charge is -2.31. The van der Waals surface area contributed by atoms with Crippen LogP contribution in [0.2, 0.25) is 0 Å². The second-order valence-electron chi connectivity index (χ2n) is 6.88. The molecule has 0 saturated heterocycles. The van der Waals surface area contributed by atoms with E-state index < -0.39 is 55.7 Å². The summed E-state index contributed by atoms with van der Waals surface area (Å²) in [6.45, 7) is 8.45. The molecule has 184 valence electrons. The monoisotopic (exact) mass is 469 g/mol. The molecule has 0 radical (unpaired) electrons. The Hall–Kier alpha value is -3.47. The average Bonchev–Trinajstić information content (AvgIpc) is 2.83. The van der Waals surface area contributed by atoms with Crippen LogP contribution < -0.4 is 5.32 Å². The fourth-order valence-electron chi connectivity index (χ4n) is 2.17. The van der Waals surface area contributed by atoms with Gasteiger partial charge in [0.2, 0.25) is 5.91 Å². The molecule has 11 nitrogen and oxygen atoms in total. The van der Waals surface area contributed by atoms with Crippen molar-refractivity contribution in [3.63, 3.8) is 0 Å². The fourth-order valence-corrected chi connectivity index (χ4v) is 2.17. The van der Waals surface area contributed by atoms with E-state index >= 15 is 0 Å². The SMILES string of the molecule is C=CC(=O)OCC(COC(=O)C=C)(COC(=O)C=C)COC(=O)CCC(=O)NCCCCO. The van der Waals surface area contributed by atoms with Gasteiger partial charge in [0.1, 0.15) is 31.8 Å². The van der Waals surface area contributed by atoms with Crippen molar-refractivity contribution < 1.29 is 48.0 Å². The zero-order valence-corrected chi connectivity index (χ0v) is 18.5. The average molecular weight is 469 g/mol. The highest BCUT2D eigenvalue weighted by molar-refractivity contribution is 5.82. The van der Waals surface area contributed by atoms with E-state index in [4.69, 9.17) is 24.1 Å². The summed E-state index contributed by atoms with van der Waals surface area (Å²) < 4.78 is 20.3. The third-order valence-corrected chi connectivity index (χ3v) is 4.06. The largest absolute Gasteiger partial charge is 0.465 e. The summed E-state index contributed by atoms with van der Waals surface area (Å²) in [4.78, 5) is 58.5. The lowest BCUT2D eigenvalue weighted by Crippen LogP contribution is -2.43. The van der Waals surface area contributed by atoms with Crippen molar-refractivity contribution in [1.29, 1.82) is 0 Å². The van der Waals surface area contributed by atoms with Crippen molar-refractivity contribution in [1.82, 2.24) is 5.32 Å². The highest BCUT2D eigenvalue weighted by Gasteiger charge is 2.37. The first-order chi connectivity index (χ1) is 15.7.